The number of alkyl halides is 3. The highest BCUT2D eigenvalue weighted by Crippen LogP contribution is 2.21. The zero-order valence-electron chi connectivity index (χ0n) is 11.3. The fourth-order valence-corrected chi connectivity index (χ4v) is 1.51. The molecule has 0 radical (unpaired) electrons. The Balaban J connectivity index is 2.20. The third kappa shape index (κ3) is 7.52. The lowest BCUT2D eigenvalue weighted by molar-refractivity contribution is -0.138. The fourth-order valence-electron chi connectivity index (χ4n) is 1.51. The van der Waals surface area contributed by atoms with E-state index >= 15 is 0 Å². The van der Waals surface area contributed by atoms with Crippen LogP contribution < -0.4 is 16.0 Å². The van der Waals surface area contributed by atoms with Crippen molar-refractivity contribution in [2.75, 3.05) is 19.8 Å². The molecule has 0 saturated heterocycles. The first-order valence-electron chi connectivity index (χ1n) is 6.30. The van der Waals surface area contributed by atoms with Gasteiger partial charge in [-0.1, -0.05) is 6.07 Å². The minimum Gasteiger partial charge on any atom is -0.491 e. The lowest BCUT2D eigenvalue weighted by Gasteiger charge is -2.09. The molecule has 1 aromatic rings. The van der Waals surface area contributed by atoms with Gasteiger partial charge >= 0.3 is 6.18 Å². The molecule has 0 unspecified atom stereocenters. The van der Waals surface area contributed by atoms with Crippen molar-refractivity contribution >= 4 is 5.91 Å². The molecule has 0 saturated carbocycles. The average molecular weight is 306 g/mol. The first kappa shape index (κ1) is 17.3. The van der Waals surface area contributed by atoms with E-state index in [2.05, 4.69) is 0 Å². The predicted molar refractivity (Wildman–Crippen MR) is 69.7 cm³/mol. The van der Waals surface area contributed by atoms with Crippen LogP contribution in [-0.4, -0.2) is 31.9 Å². The largest absolute Gasteiger partial charge is 0.491 e. The molecule has 0 atom stereocenters. The van der Waals surface area contributed by atoms with Gasteiger partial charge in [0.15, 0.2) is 0 Å². The summed E-state index contributed by atoms with van der Waals surface area (Å²) in [5.74, 6) is 5.03. The van der Waals surface area contributed by atoms with Crippen LogP contribution in [0.3, 0.4) is 0 Å². The number of nitrogen functional groups attached to an aromatic ring is 1. The molecule has 0 fully saturated rings. The van der Waals surface area contributed by atoms with E-state index in [1.54, 1.807) is 18.2 Å². The van der Waals surface area contributed by atoms with Crippen LogP contribution >= 0.6 is 0 Å². The van der Waals surface area contributed by atoms with Crippen molar-refractivity contribution in [2.24, 2.45) is 5.84 Å². The summed E-state index contributed by atoms with van der Waals surface area (Å²) in [6.07, 6.45) is -5.08. The number of amides is 1. The van der Waals surface area contributed by atoms with E-state index in [-0.39, 0.29) is 26.2 Å². The SMILES string of the molecule is NNC(=O)c1cccc(OCCOCCCC(F)(F)F)c1. The monoisotopic (exact) mass is 306 g/mol. The Kier molecular flexibility index (Phi) is 6.97. The summed E-state index contributed by atoms with van der Waals surface area (Å²) < 4.78 is 45.9. The molecule has 118 valence electrons. The zero-order valence-corrected chi connectivity index (χ0v) is 11.3. The Bertz CT molecular complexity index is 453. The van der Waals surface area contributed by atoms with E-state index in [0.29, 0.717) is 11.3 Å². The number of hydrogen-bond donors (Lipinski definition) is 2. The fraction of sp³-hybridized carbons (Fsp3) is 0.462. The van der Waals surface area contributed by atoms with Crippen molar-refractivity contribution in [1.82, 2.24) is 5.43 Å². The van der Waals surface area contributed by atoms with E-state index in [1.165, 1.54) is 6.07 Å². The number of hydrogen-bond acceptors (Lipinski definition) is 4. The van der Waals surface area contributed by atoms with Crippen LogP contribution in [-0.2, 0) is 4.74 Å². The Morgan fingerprint density at radius 3 is 2.67 bits per heavy atom. The molecule has 1 rings (SSSR count). The number of carbonyl (C=O) groups excluding carboxylic acids is 1. The van der Waals surface area contributed by atoms with Gasteiger partial charge in [0, 0.05) is 18.6 Å². The minimum atomic E-state index is -4.15. The molecular weight excluding hydrogens is 289 g/mol. The molecule has 0 bridgehead atoms. The molecule has 0 heterocycles. The second-order valence-corrected chi connectivity index (χ2v) is 4.18. The number of nitrogens with two attached hydrogens (primary N) is 1. The molecule has 21 heavy (non-hydrogen) atoms. The molecule has 1 amide bonds. The Morgan fingerprint density at radius 1 is 1.24 bits per heavy atom. The second kappa shape index (κ2) is 8.48. The van der Waals surface area contributed by atoms with Gasteiger partial charge < -0.3 is 9.47 Å². The first-order valence-corrected chi connectivity index (χ1v) is 6.30. The predicted octanol–water partition coefficient (Wildman–Crippen LogP) is 2.03. The lowest BCUT2D eigenvalue weighted by atomic mass is 10.2. The average Bonchev–Trinajstić information content (AvgIpc) is 2.44. The second-order valence-electron chi connectivity index (χ2n) is 4.18. The number of hydrazine groups is 1. The number of carbonyl (C=O) groups is 1. The molecule has 3 N–H and O–H groups in total. The quantitative estimate of drug-likeness (QED) is 0.333. The maximum atomic E-state index is 11.9. The van der Waals surface area contributed by atoms with E-state index in [4.69, 9.17) is 15.3 Å². The minimum absolute atomic E-state index is 0.0263. The van der Waals surface area contributed by atoms with Crippen LogP contribution in [0.5, 0.6) is 5.75 Å². The maximum Gasteiger partial charge on any atom is 0.389 e. The molecule has 0 aliphatic rings. The van der Waals surface area contributed by atoms with Gasteiger partial charge in [0.25, 0.3) is 5.91 Å². The van der Waals surface area contributed by atoms with Gasteiger partial charge in [-0.2, -0.15) is 13.2 Å². The van der Waals surface area contributed by atoms with E-state index < -0.39 is 18.5 Å². The van der Waals surface area contributed by atoms with Crippen molar-refractivity contribution in [3.63, 3.8) is 0 Å². The highest BCUT2D eigenvalue weighted by molar-refractivity contribution is 5.94. The van der Waals surface area contributed by atoms with Crippen molar-refractivity contribution in [3.05, 3.63) is 29.8 Å². The highest BCUT2D eigenvalue weighted by Gasteiger charge is 2.25. The summed E-state index contributed by atoms with van der Waals surface area (Å²) in [5.41, 5.74) is 2.35. The molecule has 0 aliphatic heterocycles. The lowest BCUT2D eigenvalue weighted by Crippen LogP contribution is -2.29. The summed E-state index contributed by atoms with van der Waals surface area (Å²) in [5, 5.41) is 0. The van der Waals surface area contributed by atoms with Gasteiger partial charge in [-0.25, -0.2) is 5.84 Å². The van der Waals surface area contributed by atoms with Gasteiger partial charge in [0.1, 0.15) is 12.4 Å². The number of ether oxygens (including phenoxy) is 2. The molecule has 0 aliphatic carbocycles. The molecule has 5 nitrogen and oxygen atoms in total. The van der Waals surface area contributed by atoms with Crippen LogP contribution in [0.15, 0.2) is 24.3 Å². The maximum absolute atomic E-state index is 11.9. The number of nitrogens with one attached hydrogen (secondary N) is 1. The normalized spacial score (nSPS) is 11.2. The summed E-state index contributed by atoms with van der Waals surface area (Å²) in [6, 6.07) is 6.36. The topological polar surface area (TPSA) is 73.6 Å². The van der Waals surface area contributed by atoms with Crippen molar-refractivity contribution < 1.29 is 27.4 Å². The van der Waals surface area contributed by atoms with E-state index in [0.717, 1.165) is 0 Å². The summed E-state index contributed by atoms with van der Waals surface area (Å²) in [6.45, 7) is 0.378. The number of rotatable bonds is 8. The van der Waals surface area contributed by atoms with Crippen LogP contribution in [0.2, 0.25) is 0 Å². The zero-order chi connectivity index (χ0) is 15.7. The molecule has 8 heteroatoms. The summed E-state index contributed by atoms with van der Waals surface area (Å²) in [4.78, 5) is 11.3. The standard InChI is InChI=1S/C13H17F3N2O3/c14-13(15,16)5-2-6-20-7-8-21-11-4-1-3-10(9-11)12(19)18-17/h1,3-4,9H,2,5-8,17H2,(H,18,19). The summed E-state index contributed by atoms with van der Waals surface area (Å²) in [7, 11) is 0. The van der Waals surface area contributed by atoms with Crippen LogP contribution in [0, 0.1) is 0 Å². The Labute approximate surface area is 120 Å². The van der Waals surface area contributed by atoms with Gasteiger partial charge in [-0.15, -0.1) is 0 Å². The smallest absolute Gasteiger partial charge is 0.389 e. The van der Waals surface area contributed by atoms with Crippen molar-refractivity contribution in [3.8, 4) is 5.75 Å². The van der Waals surface area contributed by atoms with E-state index in [9.17, 15) is 18.0 Å². The van der Waals surface area contributed by atoms with Gasteiger partial charge in [-0.3, -0.25) is 10.2 Å². The number of halogens is 3. The molecule has 0 spiro atoms. The molecule has 0 aromatic heterocycles. The molecule has 1 aromatic carbocycles. The van der Waals surface area contributed by atoms with Gasteiger partial charge in [0.2, 0.25) is 0 Å². The highest BCUT2D eigenvalue weighted by atomic mass is 19.4. The van der Waals surface area contributed by atoms with Crippen molar-refractivity contribution in [2.45, 2.75) is 19.0 Å². The van der Waals surface area contributed by atoms with Crippen LogP contribution in [0.1, 0.15) is 23.2 Å². The first-order chi connectivity index (χ1) is 9.92. The van der Waals surface area contributed by atoms with Crippen LogP contribution in [0.4, 0.5) is 13.2 Å². The Hall–Kier alpha value is -1.80. The number of benzene rings is 1. The van der Waals surface area contributed by atoms with E-state index in [1.807, 2.05) is 5.43 Å². The van der Waals surface area contributed by atoms with Gasteiger partial charge in [0.05, 0.1) is 6.61 Å². The third-order valence-electron chi connectivity index (χ3n) is 2.47. The third-order valence-corrected chi connectivity index (χ3v) is 2.47. The summed E-state index contributed by atoms with van der Waals surface area (Å²) >= 11 is 0. The Morgan fingerprint density at radius 2 is 2.00 bits per heavy atom. The molecular formula is C13H17F3N2O3. The van der Waals surface area contributed by atoms with Gasteiger partial charge in [-0.05, 0) is 24.6 Å². The van der Waals surface area contributed by atoms with Crippen molar-refractivity contribution in [1.29, 1.82) is 0 Å². The van der Waals surface area contributed by atoms with Crippen LogP contribution in [0.25, 0.3) is 0 Å².